The number of aromatic nitrogens is 2. The van der Waals surface area contributed by atoms with Gasteiger partial charge in [-0.2, -0.15) is 0 Å². The van der Waals surface area contributed by atoms with Gasteiger partial charge in [-0.3, -0.25) is 0 Å². The number of carboxylic acids is 1. The van der Waals surface area contributed by atoms with Gasteiger partial charge in [0.1, 0.15) is 27.8 Å². The molecule has 0 aliphatic heterocycles. The topological polar surface area (TPSA) is 66.0 Å². The molecule has 4 nitrogen and oxygen atoms in total. The molecule has 0 saturated carbocycles. The van der Waals surface area contributed by atoms with Crippen molar-refractivity contribution < 1.29 is 18.7 Å². The van der Waals surface area contributed by atoms with E-state index in [0.717, 1.165) is 18.2 Å². The summed E-state index contributed by atoms with van der Waals surface area (Å²) < 4.78 is 26.3. The molecule has 1 heterocycles. The fourth-order valence-electron chi connectivity index (χ4n) is 1.38. The molecule has 18 heavy (non-hydrogen) atoms. The van der Waals surface area contributed by atoms with Crippen LogP contribution in [0.15, 0.2) is 24.3 Å². The Kier molecular flexibility index (Phi) is 3.15. The van der Waals surface area contributed by atoms with Crippen LogP contribution in [0.1, 0.15) is 10.5 Å². The largest absolute Gasteiger partial charge is 0.477 e. The highest BCUT2D eigenvalue weighted by Crippen LogP contribution is 2.20. The van der Waals surface area contributed by atoms with Gasteiger partial charge in [0.2, 0.25) is 0 Å². The molecule has 0 fully saturated rings. The number of nitrogens with one attached hydrogen (secondary N) is 1. The molecule has 0 radical (unpaired) electrons. The molecule has 0 unspecified atom stereocenters. The number of nitrogens with zero attached hydrogens (tertiary/aromatic N) is 1. The third kappa shape index (κ3) is 2.40. The van der Waals surface area contributed by atoms with Crippen LogP contribution in [0.3, 0.4) is 0 Å². The van der Waals surface area contributed by atoms with E-state index in [1.54, 1.807) is 0 Å². The van der Waals surface area contributed by atoms with Gasteiger partial charge in [-0.15, -0.1) is 0 Å². The predicted molar refractivity (Wildman–Crippen MR) is 61.7 cm³/mol. The number of aromatic amines is 1. The van der Waals surface area contributed by atoms with Crippen molar-refractivity contribution >= 4 is 18.2 Å². The summed E-state index contributed by atoms with van der Waals surface area (Å²) in [5, 5.41) is 8.83. The number of hydrogen-bond acceptors (Lipinski definition) is 3. The normalized spacial score (nSPS) is 10.3. The van der Waals surface area contributed by atoms with E-state index in [0.29, 0.717) is 6.07 Å². The van der Waals surface area contributed by atoms with Crippen LogP contribution in [0, 0.1) is 16.3 Å². The van der Waals surface area contributed by atoms with Crippen molar-refractivity contribution in [3.63, 3.8) is 0 Å². The van der Waals surface area contributed by atoms with Crippen LogP contribution in [0.4, 0.5) is 8.78 Å². The molecule has 7 heteroatoms. The van der Waals surface area contributed by atoms with Crippen molar-refractivity contribution in [2.75, 3.05) is 0 Å². The summed E-state index contributed by atoms with van der Waals surface area (Å²) in [4.78, 5) is 17.0. The molecular formula is C11H6F2N2O2S. The van der Waals surface area contributed by atoms with Crippen LogP contribution in [-0.4, -0.2) is 21.0 Å². The SMILES string of the molecule is O=C(O)c1cc(=S)nc(-c2ccc(F)cc2F)[nH]1. The highest BCUT2D eigenvalue weighted by atomic mass is 32.1. The fraction of sp³-hybridized carbons (Fsp3) is 0. The second-order valence-electron chi connectivity index (χ2n) is 3.41. The first-order valence-electron chi connectivity index (χ1n) is 4.77. The molecular weight excluding hydrogens is 262 g/mol. The standard InChI is InChI=1S/C11H6F2N2O2S/c12-5-1-2-6(7(13)3-5)10-14-8(11(16)17)4-9(18)15-10/h1-4H,(H,16,17)(H,14,15,18). The van der Waals surface area contributed by atoms with E-state index in [4.69, 9.17) is 17.3 Å². The zero-order chi connectivity index (χ0) is 13.3. The average Bonchev–Trinajstić information content (AvgIpc) is 2.27. The van der Waals surface area contributed by atoms with E-state index >= 15 is 0 Å². The molecule has 0 saturated heterocycles. The Hall–Kier alpha value is -2.15. The third-order valence-corrected chi connectivity index (χ3v) is 2.37. The molecule has 1 aromatic carbocycles. The lowest BCUT2D eigenvalue weighted by molar-refractivity contribution is 0.0690. The average molecular weight is 268 g/mol. The Labute approximate surface area is 105 Å². The first-order valence-corrected chi connectivity index (χ1v) is 5.18. The van der Waals surface area contributed by atoms with Gasteiger partial charge in [-0.25, -0.2) is 18.6 Å². The lowest BCUT2D eigenvalue weighted by Gasteiger charge is -2.04. The smallest absolute Gasteiger partial charge is 0.352 e. The Balaban J connectivity index is 2.64. The Bertz CT molecular complexity index is 685. The lowest BCUT2D eigenvalue weighted by atomic mass is 10.2. The maximum absolute atomic E-state index is 13.5. The number of halogens is 2. The third-order valence-electron chi connectivity index (χ3n) is 2.16. The second-order valence-corrected chi connectivity index (χ2v) is 3.83. The van der Waals surface area contributed by atoms with Crippen LogP contribution >= 0.6 is 12.2 Å². The van der Waals surface area contributed by atoms with Crippen molar-refractivity contribution in [1.82, 2.24) is 9.97 Å². The van der Waals surface area contributed by atoms with Crippen LogP contribution in [0.25, 0.3) is 11.4 Å². The van der Waals surface area contributed by atoms with E-state index in [9.17, 15) is 13.6 Å². The Morgan fingerprint density at radius 3 is 2.67 bits per heavy atom. The van der Waals surface area contributed by atoms with Crippen molar-refractivity contribution in [3.8, 4) is 11.4 Å². The number of benzene rings is 1. The quantitative estimate of drug-likeness (QED) is 0.822. The monoisotopic (exact) mass is 268 g/mol. The summed E-state index contributed by atoms with van der Waals surface area (Å²) in [6, 6.07) is 4.03. The summed E-state index contributed by atoms with van der Waals surface area (Å²) in [7, 11) is 0. The van der Waals surface area contributed by atoms with Gasteiger partial charge in [-0.1, -0.05) is 12.2 Å². The number of aromatic carboxylic acids is 1. The molecule has 92 valence electrons. The number of hydrogen-bond donors (Lipinski definition) is 2. The molecule has 2 aromatic rings. The predicted octanol–water partition coefficient (Wildman–Crippen LogP) is 2.78. The minimum atomic E-state index is -1.24. The van der Waals surface area contributed by atoms with Crippen LogP contribution in [0.5, 0.6) is 0 Å². The van der Waals surface area contributed by atoms with Crippen molar-refractivity contribution in [1.29, 1.82) is 0 Å². The number of carboxylic acid groups (broad SMARTS) is 1. The molecule has 0 bridgehead atoms. The van der Waals surface area contributed by atoms with E-state index in [1.165, 1.54) is 0 Å². The van der Waals surface area contributed by atoms with Crippen LogP contribution < -0.4 is 0 Å². The van der Waals surface area contributed by atoms with Gasteiger partial charge < -0.3 is 10.1 Å². The fourth-order valence-corrected chi connectivity index (χ4v) is 1.59. The molecule has 0 amide bonds. The number of carbonyl (C=O) groups is 1. The molecule has 2 N–H and O–H groups in total. The van der Waals surface area contributed by atoms with E-state index in [2.05, 4.69) is 9.97 Å². The summed E-state index contributed by atoms with van der Waals surface area (Å²) in [6.07, 6.45) is 0. The van der Waals surface area contributed by atoms with Crippen LogP contribution in [0.2, 0.25) is 0 Å². The number of rotatable bonds is 2. The zero-order valence-electron chi connectivity index (χ0n) is 8.78. The highest BCUT2D eigenvalue weighted by molar-refractivity contribution is 7.71. The zero-order valence-corrected chi connectivity index (χ0v) is 9.59. The Morgan fingerprint density at radius 2 is 2.06 bits per heavy atom. The molecule has 0 atom stereocenters. The van der Waals surface area contributed by atoms with Crippen molar-refractivity contribution in [3.05, 3.63) is 46.2 Å². The second kappa shape index (κ2) is 4.61. The van der Waals surface area contributed by atoms with E-state index < -0.39 is 17.6 Å². The first-order chi connectivity index (χ1) is 8.47. The molecule has 0 spiro atoms. The molecule has 1 aromatic heterocycles. The lowest BCUT2D eigenvalue weighted by Crippen LogP contribution is -2.04. The molecule has 0 aliphatic carbocycles. The summed E-state index contributed by atoms with van der Waals surface area (Å²) >= 11 is 4.78. The summed E-state index contributed by atoms with van der Waals surface area (Å²) in [5.41, 5.74) is -0.265. The van der Waals surface area contributed by atoms with Crippen LogP contribution in [-0.2, 0) is 0 Å². The van der Waals surface area contributed by atoms with E-state index in [1.807, 2.05) is 0 Å². The first kappa shape index (κ1) is 12.3. The van der Waals surface area contributed by atoms with Gasteiger partial charge >= 0.3 is 5.97 Å². The highest BCUT2D eigenvalue weighted by Gasteiger charge is 2.11. The van der Waals surface area contributed by atoms with Crippen molar-refractivity contribution in [2.24, 2.45) is 0 Å². The van der Waals surface area contributed by atoms with Crippen molar-refractivity contribution in [2.45, 2.75) is 0 Å². The van der Waals surface area contributed by atoms with Gasteiger partial charge in [0, 0.05) is 12.1 Å². The molecule has 2 rings (SSSR count). The number of H-pyrrole nitrogens is 1. The van der Waals surface area contributed by atoms with E-state index in [-0.39, 0.29) is 21.7 Å². The van der Waals surface area contributed by atoms with Gasteiger partial charge in [0.15, 0.2) is 0 Å². The van der Waals surface area contributed by atoms with Gasteiger partial charge in [-0.05, 0) is 12.1 Å². The summed E-state index contributed by atoms with van der Waals surface area (Å²) in [5.74, 6) is -2.88. The Morgan fingerprint density at radius 1 is 1.33 bits per heavy atom. The molecule has 0 aliphatic rings. The minimum Gasteiger partial charge on any atom is -0.477 e. The van der Waals surface area contributed by atoms with Gasteiger partial charge in [0.25, 0.3) is 0 Å². The maximum Gasteiger partial charge on any atom is 0.352 e. The minimum absolute atomic E-state index is 0.00451. The maximum atomic E-state index is 13.5. The van der Waals surface area contributed by atoms with Gasteiger partial charge in [0.05, 0.1) is 5.56 Å². The summed E-state index contributed by atoms with van der Waals surface area (Å²) in [6.45, 7) is 0.